The van der Waals surface area contributed by atoms with Crippen molar-refractivity contribution in [2.75, 3.05) is 12.3 Å². The molecule has 0 aliphatic heterocycles. The Labute approximate surface area is 121 Å². The van der Waals surface area contributed by atoms with E-state index in [1.807, 2.05) is 0 Å². The second-order valence-electron chi connectivity index (χ2n) is 4.74. The van der Waals surface area contributed by atoms with Crippen molar-refractivity contribution in [2.24, 2.45) is 11.1 Å². The van der Waals surface area contributed by atoms with Gasteiger partial charge in [0.2, 0.25) is 15.9 Å². The van der Waals surface area contributed by atoms with Crippen LogP contribution in [0.2, 0.25) is 5.02 Å². The quantitative estimate of drug-likeness (QED) is 0.847. The summed E-state index contributed by atoms with van der Waals surface area (Å²) in [6.07, 6.45) is 0.502. The van der Waals surface area contributed by atoms with Gasteiger partial charge in [0.25, 0.3) is 0 Å². The van der Waals surface area contributed by atoms with Gasteiger partial charge in [0.15, 0.2) is 0 Å². The second kappa shape index (κ2) is 5.67. The molecule has 0 spiro atoms. The lowest BCUT2D eigenvalue weighted by atomic mass is 10.1. The van der Waals surface area contributed by atoms with Gasteiger partial charge in [0.1, 0.15) is 5.82 Å². The number of benzene rings is 1. The van der Waals surface area contributed by atoms with Gasteiger partial charge in [-0.3, -0.25) is 4.79 Å². The maximum Gasteiger partial charge on any atom is 0.223 e. The molecule has 110 valence electrons. The van der Waals surface area contributed by atoms with E-state index in [4.69, 9.17) is 16.7 Å². The average molecular weight is 321 g/mol. The predicted octanol–water partition coefficient (Wildman–Crippen LogP) is 0.987. The Morgan fingerprint density at radius 3 is 2.80 bits per heavy atom. The van der Waals surface area contributed by atoms with Gasteiger partial charge in [-0.2, -0.15) is 0 Å². The maximum absolute atomic E-state index is 13.7. The molecule has 2 atom stereocenters. The number of carbonyl (C=O) groups is 1. The molecule has 8 heteroatoms. The van der Waals surface area contributed by atoms with Crippen LogP contribution in [0.3, 0.4) is 0 Å². The molecule has 1 aromatic rings. The normalized spacial score (nSPS) is 21.6. The predicted molar refractivity (Wildman–Crippen MR) is 73.2 cm³/mol. The zero-order chi connectivity index (χ0) is 14.9. The Kier molecular flexibility index (Phi) is 4.31. The van der Waals surface area contributed by atoms with Crippen LogP contribution in [-0.4, -0.2) is 26.6 Å². The van der Waals surface area contributed by atoms with Crippen LogP contribution in [-0.2, 0) is 14.8 Å². The minimum absolute atomic E-state index is 0.0497. The first-order valence-electron chi connectivity index (χ1n) is 6.01. The van der Waals surface area contributed by atoms with E-state index in [-0.39, 0.29) is 30.0 Å². The number of rotatable bonds is 5. The number of hydrogen-bond donors (Lipinski definition) is 2. The molecule has 0 radical (unpaired) electrons. The molecule has 1 fully saturated rings. The highest BCUT2D eigenvalue weighted by Gasteiger charge is 2.46. The van der Waals surface area contributed by atoms with E-state index < -0.39 is 15.8 Å². The highest BCUT2D eigenvalue weighted by molar-refractivity contribution is 7.89. The van der Waals surface area contributed by atoms with Crippen molar-refractivity contribution in [3.8, 4) is 0 Å². The number of amides is 1. The first-order chi connectivity index (χ1) is 9.29. The Morgan fingerprint density at radius 1 is 1.50 bits per heavy atom. The second-order valence-corrected chi connectivity index (χ2v) is 6.88. The molecule has 1 aliphatic carbocycles. The molecular weight excluding hydrogens is 307 g/mol. The topological polar surface area (TPSA) is 89.3 Å². The Balaban J connectivity index is 1.93. The molecule has 1 aliphatic rings. The van der Waals surface area contributed by atoms with E-state index in [2.05, 4.69) is 5.32 Å². The third kappa shape index (κ3) is 3.68. The summed E-state index contributed by atoms with van der Waals surface area (Å²) in [6, 6.07) is 4.38. The Hall–Kier alpha value is -1.18. The molecular formula is C12H14ClFN2O3S. The lowest BCUT2D eigenvalue weighted by Crippen LogP contribution is -2.32. The van der Waals surface area contributed by atoms with Crippen LogP contribution >= 0.6 is 11.6 Å². The van der Waals surface area contributed by atoms with Crippen LogP contribution in [0.1, 0.15) is 17.9 Å². The first kappa shape index (κ1) is 15.2. The van der Waals surface area contributed by atoms with Crippen molar-refractivity contribution >= 4 is 27.5 Å². The first-order valence-corrected chi connectivity index (χ1v) is 8.11. The highest BCUT2D eigenvalue weighted by atomic mass is 35.5. The van der Waals surface area contributed by atoms with Crippen molar-refractivity contribution in [1.82, 2.24) is 5.32 Å². The highest BCUT2D eigenvalue weighted by Crippen LogP contribution is 2.50. The number of halogens is 2. The zero-order valence-corrected chi connectivity index (χ0v) is 12.0. The van der Waals surface area contributed by atoms with Gasteiger partial charge in [0.05, 0.1) is 5.75 Å². The molecule has 0 bridgehead atoms. The lowest BCUT2D eigenvalue weighted by Gasteiger charge is -2.06. The van der Waals surface area contributed by atoms with Gasteiger partial charge in [-0.25, -0.2) is 17.9 Å². The summed E-state index contributed by atoms with van der Waals surface area (Å²) in [5.74, 6) is -1.68. The lowest BCUT2D eigenvalue weighted by molar-refractivity contribution is -0.122. The Morgan fingerprint density at radius 2 is 2.20 bits per heavy atom. The average Bonchev–Trinajstić information content (AvgIpc) is 3.07. The monoisotopic (exact) mass is 320 g/mol. The number of nitrogens with one attached hydrogen (secondary N) is 1. The summed E-state index contributed by atoms with van der Waals surface area (Å²) >= 11 is 5.93. The van der Waals surface area contributed by atoms with E-state index in [1.54, 1.807) is 6.07 Å². The van der Waals surface area contributed by atoms with Crippen molar-refractivity contribution in [3.05, 3.63) is 34.6 Å². The summed E-state index contributed by atoms with van der Waals surface area (Å²) in [5.41, 5.74) is 0.348. The summed E-state index contributed by atoms with van der Waals surface area (Å²) < 4.78 is 35.1. The van der Waals surface area contributed by atoms with Gasteiger partial charge < -0.3 is 5.32 Å². The van der Waals surface area contributed by atoms with Crippen LogP contribution in [0.15, 0.2) is 18.2 Å². The van der Waals surface area contributed by atoms with E-state index in [0.29, 0.717) is 17.0 Å². The number of nitrogens with two attached hydrogens (primary N) is 1. The summed E-state index contributed by atoms with van der Waals surface area (Å²) in [7, 11) is -3.60. The van der Waals surface area contributed by atoms with Crippen LogP contribution in [0.5, 0.6) is 0 Å². The van der Waals surface area contributed by atoms with Gasteiger partial charge in [-0.15, -0.1) is 0 Å². The van der Waals surface area contributed by atoms with Gasteiger partial charge in [-0.05, 0) is 18.6 Å². The number of carbonyl (C=O) groups excluding carboxylic acids is 1. The van der Waals surface area contributed by atoms with E-state index >= 15 is 0 Å². The summed E-state index contributed by atoms with van der Waals surface area (Å²) in [4.78, 5) is 11.8. The molecule has 0 heterocycles. The molecule has 0 aromatic heterocycles. The zero-order valence-electron chi connectivity index (χ0n) is 10.5. The minimum atomic E-state index is -3.60. The fraction of sp³-hybridized carbons (Fsp3) is 0.417. The minimum Gasteiger partial charge on any atom is -0.355 e. The number of sulfonamides is 1. The van der Waals surface area contributed by atoms with E-state index in [1.165, 1.54) is 12.1 Å². The number of hydrogen-bond acceptors (Lipinski definition) is 3. The summed E-state index contributed by atoms with van der Waals surface area (Å²) in [5, 5.41) is 7.60. The largest absolute Gasteiger partial charge is 0.355 e. The van der Waals surface area contributed by atoms with Crippen LogP contribution in [0.4, 0.5) is 4.39 Å². The summed E-state index contributed by atoms with van der Waals surface area (Å²) in [6.45, 7) is -0.0497. The van der Waals surface area contributed by atoms with Gasteiger partial charge >= 0.3 is 0 Å². The van der Waals surface area contributed by atoms with Gasteiger partial charge in [0, 0.05) is 29.0 Å². The molecule has 1 saturated carbocycles. The Bertz CT molecular complexity index is 615. The van der Waals surface area contributed by atoms with E-state index in [9.17, 15) is 17.6 Å². The van der Waals surface area contributed by atoms with Crippen molar-refractivity contribution in [1.29, 1.82) is 0 Å². The smallest absolute Gasteiger partial charge is 0.223 e. The maximum atomic E-state index is 13.7. The van der Waals surface area contributed by atoms with Crippen molar-refractivity contribution in [3.63, 3.8) is 0 Å². The molecule has 5 nitrogen and oxygen atoms in total. The number of primary sulfonamides is 1. The van der Waals surface area contributed by atoms with Crippen molar-refractivity contribution in [2.45, 2.75) is 12.3 Å². The van der Waals surface area contributed by atoms with Crippen LogP contribution in [0, 0.1) is 11.7 Å². The molecule has 20 heavy (non-hydrogen) atoms. The van der Waals surface area contributed by atoms with Crippen LogP contribution in [0.25, 0.3) is 0 Å². The third-order valence-corrected chi connectivity index (χ3v) is 4.29. The molecule has 1 amide bonds. The molecule has 2 unspecified atom stereocenters. The fourth-order valence-electron chi connectivity index (χ4n) is 2.12. The molecule has 0 saturated heterocycles. The van der Waals surface area contributed by atoms with Crippen molar-refractivity contribution < 1.29 is 17.6 Å². The third-order valence-electron chi connectivity index (χ3n) is 3.18. The molecule has 3 N–H and O–H groups in total. The van der Waals surface area contributed by atoms with E-state index in [0.717, 1.165) is 0 Å². The molecule has 1 aromatic carbocycles. The standard InChI is InChI=1S/C12H14ClFN2O3S/c13-9-2-1-3-10(14)11(9)7-6-8(7)12(17)16-4-5-20(15,18)19/h1-3,7-8H,4-6H2,(H,16,17)(H2,15,18,19). The SMILES string of the molecule is NS(=O)(=O)CCNC(=O)C1CC1c1c(F)cccc1Cl. The molecule has 2 rings (SSSR count). The van der Waals surface area contributed by atoms with Gasteiger partial charge in [-0.1, -0.05) is 17.7 Å². The fourth-order valence-corrected chi connectivity index (χ4v) is 2.81. The van der Waals surface area contributed by atoms with Crippen LogP contribution < -0.4 is 10.5 Å².